The second-order valence-corrected chi connectivity index (χ2v) is 9.41. The number of pyridine rings is 1. The van der Waals surface area contributed by atoms with Gasteiger partial charge in [-0.25, -0.2) is 14.8 Å². The van der Waals surface area contributed by atoms with Gasteiger partial charge in [0.15, 0.2) is 0 Å². The van der Waals surface area contributed by atoms with Gasteiger partial charge in [0.2, 0.25) is 18.2 Å². The lowest BCUT2D eigenvalue weighted by molar-refractivity contribution is -0.138. The third-order valence-corrected chi connectivity index (χ3v) is 6.76. The average Bonchev–Trinajstić information content (AvgIpc) is 3.55. The van der Waals surface area contributed by atoms with Crippen LogP contribution in [-0.2, 0) is 25.7 Å². The number of hydrogen-bond acceptors (Lipinski definition) is 7. The van der Waals surface area contributed by atoms with Gasteiger partial charge in [0, 0.05) is 36.8 Å². The summed E-state index contributed by atoms with van der Waals surface area (Å²) in [5.74, 6) is -3.58. The van der Waals surface area contributed by atoms with Crippen molar-refractivity contribution >= 4 is 46.9 Å². The number of nitrogens with one attached hydrogen (secondary N) is 2. The van der Waals surface area contributed by atoms with Crippen molar-refractivity contribution in [2.45, 2.75) is 25.4 Å². The summed E-state index contributed by atoms with van der Waals surface area (Å²) in [6.07, 6.45) is 3.01. The first-order chi connectivity index (χ1) is 17.9. The summed E-state index contributed by atoms with van der Waals surface area (Å²) in [5.41, 5.74) is 3.73. The van der Waals surface area contributed by atoms with Crippen molar-refractivity contribution in [1.82, 2.24) is 15.7 Å². The zero-order valence-corrected chi connectivity index (χ0v) is 20.4. The molecule has 0 bridgehead atoms. The number of rotatable bonds is 11. The van der Waals surface area contributed by atoms with E-state index in [1.54, 1.807) is 12.1 Å². The van der Waals surface area contributed by atoms with E-state index >= 15 is 0 Å². The summed E-state index contributed by atoms with van der Waals surface area (Å²) >= 11 is 1.51. The molecule has 0 aliphatic carbocycles. The molecule has 3 N–H and O–H groups in total. The number of aromatic nitrogens is 1. The molecule has 0 spiro atoms. The van der Waals surface area contributed by atoms with Crippen molar-refractivity contribution in [2.24, 2.45) is 5.92 Å². The molecule has 0 radical (unpaired) electrons. The summed E-state index contributed by atoms with van der Waals surface area (Å²) in [5, 5.41) is 15.0. The van der Waals surface area contributed by atoms with Crippen LogP contribution in [0.4, 0.5) is 15.8 Å². The lowest BCUT2D eigenvalue weighted by atomic mass is 10.0. The highest BCUT2D eigenvalue weighted by molar-refractivity contribution is 7.09. The van der Waals surface area contributed by atoms with Gasteiger partial charge in [-0.2, -0.15) is 0 Å². The van der Waals surface area contributed by atoms with E-state index in [9.17, 15) is 28.7 Å². The molecule has 3 aromatic rings. The van der Waals surface area contributed by atoms with Gasteiger partial charge >= 0.3 is 5.97 Å². The molecule has 2 unspecified atom stereocenters. The first-order valence-electron chi connectivity index (χ1n) is 11.4. The monoisotopic (exact) mass is 525 g/mol. The Kier molecular flexibility index (Phi) is 8.21. The number of halogens is 1. The molecule has 4 rings (SSSR count). The Morgan fingerprint density at radius 1 is 1.30 bits per heavy atom. The van der Waals surface area contributed by atoms with E-state index in [1.807, 2.05) is 17.5 Å². The quantitative estimate of drug-likeness (QED) is 0.259. The second-order valence-electron chi connectivity index (χ2n) is 8.38. The largest absolute Gasteiger partial charge is 0.481 e. The molecule has 10 nitrogen and oxygen atoms in total. The SMILES string of the molecule is O=CN(NCc1cccs1)c1ccc(F)c(N2CC(C(=O)NC(CC(=O)O)c3cccnc3)CC2=O)c1. The van der Waals surface area contributed by atoms with Gasteiger partial charge in [0.25, 0.3) is 0 Å². The number of hydrogen-bond donors (Lipinski definition) is 3. The van der Waals surface area contributed by atoms with Crippen LogP contribution in [0.2, 0.25) is 0 Å². The molecule has 1 aromatic carbocycles. The minimum Gasteiger partial charge on any atom is -0.481 e. The fraction of sp³-hybridized carbons (Fsp3) is 0.240. The predicted molar refractivity (Wildman–Crippen MR) is 134 cm³/mol. The van der Waals surface area contributed by atoms with Crippen LogP contribution in [-0.4, -0.2) is 40.8 Å². The molecular weight excluding hydrogens is 501 g/mol. The standard InChI is InChI=1S/C25H24FN5O5S/c26-20-6-5-18(31(15-32)28-13-19-4-2-8-37-19)10-22(20)30-14-17(9-23(30)33)25(36)29-21(11-24(34)35)16-3-1-7-27-12-16/h1-8,10,12,15,17,21,28H,9,11,13-14H2,(H,29,36)(H,34,35). The molecular formula is C25H24FN5O5S. The Hall–Kier alpha value is -4.16. The van der Waals surface area contributed by atoms with E-state index in [1.165, 1.54) is 45.8 Å². The normalized spacial score (nSPS) is 15.9. The van der Waals surface area contributed by atoms with E-state index in [2.05, 4.69) is 15.7 Å². The van der Waals surface area contributed by atoms with Crippen LogP contribution in [0.3, 0.4) is 0 Å². The van der Waals surface area contributed by atoms with E-state index in [0.717, 1.165) is 10.9 Å². The number of carboxylic acid groups (broad SMARTS) is 1. The molecule has 12 heteroatoms. The number of thiophene rings is 1. The van der Waals surface area contributed by atoms with Crippen molar-refractivity contribution in [3.05, 3.63) is 76.5 Å². The number of nitrogens with zero attached hydrogens (tertiary/aromatic N) is 3. The van der Waals surface area contributed by atoms with E-state index in [-0.39, 0.29) is 25.1 Å². The minimum absolute atomic E-state index is 0.0584. The number of carbonyl (C=O) groups excluding carboxylic acids is 3. The van der Waals surface area contributed by atoms with Crippen molar-refractivity contribution < 1.29 is 28.7 Å². The summed E-state index contributed by atoms with van der Waals surface area (Å²) in [6.45, 7) is 0.282. The maximum Gasteiger partial charge on any atom is 0.305 e. The molecule has 1 aliphatic rings. The van der Waals surface area contributed by atoms with Gasteiger partial charge in [-0.3, -0.25) is 24.2 Å². The number of aliphatic carboxylic acids is 1. The maximum atomic E-state index is 14.8. The van der Waals surface area contributed by atoms with Crippen LogP contribution in [0.25, 0.3) is 0 Å². The predicted octanol–water partition coefficient (Wildman–Crippen LogP) is 2.63. The molecule has 192 valence electrons. The number of benzene rings is 1. The van der Waals surface area contributed by atoms with Gasteiger partial charge in [-0.05, 0) is 41.3 Å². The van der Waals surface area contributed by atoms with Gasteiger partial charge in [-0.15, -0.1) is 11.3 Å². The Labute approximate surface area is 215 Å². The topological polar surface area (TPSA) is 132 Å². The van der Waals surface area contributed by atoms with Crippen LogP contribution >= 0.6 is 11.3 Å². The third kappa shape index (κ3) is 6.35. The van der Waals surface area contributed by atoms with Crippen molar-refractivity contribution in [3.63, 3.8) is 0 Å². The molecule has 2 aromatic heterocycles. The molecule has 37 heavy (non-hydrogen) atoms. The van der Waals surface area contributed by atoms with E-state index in [4.69, 9.17) is 0 Å². The highest BCUT2D eigenvalue weighted by atomic mass is 32.1. The number of carbonyl (C=O) groups is 4. The zero-order chi connectivity index (χ0) is 26.4. The van der Waals surface area contributed by atoms with E-state index < -0.39 is 35.6 Å². The third-order valence-electron chi connectivity index (χ3n) is 5.89. The number of carboxylic acids is 1. The van der Waals surface area contributed by atoms with Crippen LogP contribution in [0, 0.1) is 11.7 Å². The summed E-state index contributed by atoms with van der Waals surface area (Å²) in [4.78, 5) is 54.9. The fourth-order valence-electron chi connectivity index (χ4n) is 4.04. The molecule has 2 atom stereocenters. The van der Waals surface area contributed by atoms with Gasteiger partial charge < -0.3 is 15.3 Å². The summed E-state index contributed by atoms with van der Waals surface area (Å²) in [7, 11) is 0. The van der Waals surface area contributed by atoms with Crippen molar-refractivity contribution in [2.75, 3.05) is 16.5 Å². The highest BCUT2D eigenvalue weighted by Gasteiger charge is 2.37. The Morgan fingerprint density at radius 2 is 2.14 bits per heavy atom. The van der Waals surface area contributed by atoms with Gasteiger partial charge in [0.05, 0.1) is 29.8 Å². The number of hydrazine groups is 1. The van der Waals surface area contributed by atoms with Crippen LogP contribution in [0.1, 0.15) is 29.3 Å². The number of anilines is 2. The Morgan fingerprint density at radius 3 is 2.81 bits per heavy atom. The van der Waals surface area contributed by atoms with Crippen molar-refractivity contribution in [1.29, 1.82) is 0 Å². The molecule has 3 heterocycles. The van der Waals surface area contributed by atoms with E-state index in [0.29, 0.717) is 24.2 Å². The van der Waals surface area contributed by atoms with Crippen molar-refractivity contribution in [3.8, 4) is 0 Å². The highest BCUT2D eigenvalue weighted by Crippen LogP contribution is 2.31. The number of amides is 3. The van der Waals surface area contributed by atoms with Crippen LogP contribution in [0.5, 0.6) is 0 Å². The Balaban J connectivity index is 1.47. The lowest BCUT2D eigenvalue weighted by Crippen LogP contribution is -2.37. The Bertz CT molecular complexity index is 1270. The average molecular weight is 526 g/mol. The lowest BCUT2D eigenvalue weighted by Gasteiger charge is -2.23. The van der Waals surface area contributed by atoms with Crippen LogP contribution < -0.4 is 20.7 Å². The molecule has 0 saturated carbocycles. The first kappa shape index (κ1) is 25.9. The second kappa shape index (κ2) is 11.7. The minimum atomic E-state index is -1.11. The maximum absolute atomic E-state index is 14.8. The molecule has 1 saturated heterocycles. The molecule has 3 amide bonds. The summed E-state index contributed by atoms with van der Waals surface area (Å²) in [6, 6.07) is 10.2. The molecule has 1 fully saturated rings. The summed E-state index contributed by atoms with van der Waals surface area (Å²) < 4.78 is 14.8. The fourth-order valence-corrected chi connectivity index (χ4v) is 4.67. The van der Waals surface area contributed by atoms with Crippen LogP contribution in [0.15, 0.2) is 60.2 Å². The first-order valence-corrected chi connectivity index (χ1v) is 12.3. The zero-order valence-electron chi connectivity index (χ0n) is 19.5. The van der Waals surface area contributed by atoms with Gasteiger partial charge in [0.1, 0.15) is 5.82 Å². The smallest absolute Gasteiger partial charge is 0.305 e. The van der Waals surface area contributed by atoms with Gasteiger partial charge in [-0.1, -0.05) is 12.1 Å². The molecule has 1 aliphatic heterocycles.